The third kappa shape index (κ3) is 1.68. The molecule has 0 fully saturated rings. The number of nitrogens with zero attached hydrogens (tertiary/aromatic N) is 1. The van der Waals surface area contributed by atoms with E-state index in [2.05, 4.69) is 4.98 Å². The predicted molar refractivity (Wildman–Crippen MR) is 40.8 cm³/mol. The molecule has 1 aromatic rings. The number of hydrogen-bond acceptors (Lipinski definition) is 2. The lowest BCUT2D eigenvalue weighted by Crippen LogP contribution is -2.08. The Labute approximate surface area is 77.2 Å². The van der Waals surface area contributed by atoms with Gasteiger partial charge in [-0.05, 0) is 12.5 Å². The van der Waals surface area contributed by atoms with Crippen LogP contribution in [0.4, 0.5) is 13.2 Å². The van der Waals surface area contributed by atoms with Crippen molar-refractivity contribution < 1.29 is 23.1 Å². The third-order valence-electron chi connectivity index (χ3n) is 1.66. The molecule has 0 atom stereocenters. The van der Waals surface area contributed by atoms with E-state index >= 15 is 0 Å². The van der Waals surface area contributed by atoms with Crippen molar-refractivity contribution in [3.63, 3.8) is 0 Å². The lowest BCUT2D eigenvalue weighted by atomic mass is 10.1. The highest BCUT2D eigenvalue weighted by Gasteiger charge is 2.23. The van der Waals surface area contributed by atoms with Gasteiger partial charge in [-0.15, -0.1) is 0 Å². The Balaban J connectivity index is 3.41. The number of aromatic carboxylic acids is 1. The van der Waals surface area contributed by atoms with Gasteiger partial charge in [-0.2, -0.15) is 0 Å². The highest BCUT2D eigenvalue weighted by atomic mass is 19.3. The van der Waals surface area contributed by atoms with Gasteiger partial charge < -0.3 is 5.11 Å². The Bertz CT molecular complexity index is 379. The maximum absolute atomic E-state index is 13.1. The smallest absolute Gasteiger partial charge is 0.339 e. The fraction of sp³-hybridized carbons (Fsp3) is 0.250. The average molecular weight is 205 g/mol. The second kappa shape index (κ2) is 3.65. The Morgan fingerprint density at radius 2 is 2.14 bits per heavy atom. The molecule has 0 bridgehead atoms. The lowest BCUT2D eigenvalue weighted by molar-refractivity contribution is 0.0689. The zero-order chi connectivity index (χ0) is 10.9. The third-order valence-corrected chi connectivity index (χ3v) is 1.66. The van der Waals surface area contributed by atoms with E-state index in [1.165, 1.54) is 6.92 Å². The van der Waals surface area contributed by atoms with Gasteiger partial charge in [0.05, 0.1) is 0 Å². The van der Waals surface area contributed by atoms with E-state index < -0.39 is 29.5 Å². The van der Waals surface area contributed by atoms with Crippen molar-refractivity contribution in [1.82, 2.24) is 4.98 Å². The van der Waals surface area contributed by atoms with Crippen molar-refractivity contribution >= 4 is 5.97 Å². The molecule has 0 saturated carbocycles. The van der Waals surface area contributed by atoms with Crippen LogP contribution in [0.25, 0.3) is 0 Å². The minimum Gasteiger partial charge on any atom is -0.478 e. The van der Waals surface area contributed by atoms with Crippen molar-refractivity contribution in [2.75, 3.05) is 0 Å². The SMILES string of the molecule is Cc1cnc(C(F)F)c(F)c1C(=O)O. The van der Waals surface area contributed by atoms with Crippen LogP contribution >= 0.6 is 0 Å². The molecule has 0 aliphatic carbocycles. The van der Waals surface area contributed by atoms with Crippen molar-refractivity contribution in [3.8, 4) is 0 Å². The Morgan fingerprint density at radius 3 is 2.57 bits per heavy atom. The molecule has 6 heteroatoms. The van der Waals surface area contributed by atoms with E-state index in [4.69, 9.17) is 5.11 Å². The molecule has 14 heavy (non-hydrogen) atoms. The molecule has 0 radical (unpaired) electrons. The first kappa shape index (κ1) is 10.5. The second-order valence-corrected chi connectivity index (χ2v) is 2.62. The first-order valence-electron chi connectivity index (χ1n) is 3.61. The van der Waals surface area contributed by atoms with Crippen LogP contribution in [-0.2, 0) is 0 Å². The molecule has 1 rings (SSSR count). The van der Waals surface area contributed by atoms with Crippen LogP contribution < -0.4 is 0 Å². The van der Waals surface area contributed by atoms with Gasteiger partial charge in [-0.3, -0.25) is 4.98 Å². The molecule has 1 aromatic heterocycles. The minimum absolute atomic E-state index is 0.0133. The normalized spacial score (nSPS) is 10.6. The molecule has 0 aliphatic rings. The number of carbonyl (C=O) groups is 1. The Kier molecular flexibility index (Phi) is 2.73. The van der Waals surface area contributed by atoms with Crippen LogP contribution in [0.5, 0.6) is 0 Å². The van der Waals surface area contributed by atoms with Gasteiger partial charge >= 0.3 is 5.97 Å². The summed E-state index contributed by atoms with van der Waals surface area (Å²) in [6.45, 7) is 1.29. The van der Waals surface area contributed by atoms with Gasteiger partial charge in [0.25, 0.3) is 6.43 Å². The zero-order valence-corrected chi connectivity index (χ0v) is 7.09. The van der Waals surface area contributed by atoms with Gasteiger partial charge in [0.15, 0.2) is 5.82 Å². The number of aromatic nitrogens is 1. The molecule has 0 unspecified atom stereocenters. The van der Waals surface area contributed by atoms with Crippen LogP contribution in [0.2, 0.25) is 0 Å². The van der Waals surface area contributed by atoms with E-state index in [1.807, 2.05) is 0 Å². The summed E-state index contributed by atoms with van der Waals surface area (Å²) in [5.74, 6) is -3.04. The minimum atomic E-state index is -3.12. The molecule has 1 N–H and O–H groups in total. The zero-order valence-electron chi connectivity index (χ0n) is 7.09. The largest absolute Gasteiger partial charge is 0.478 e. The van der Waals surface area contributed by atoms with Crippen molar-refractivity contribution in [3.05, 3.63) is 28.8 Å². The number of rotatable bonds is 2. The molecule has 0 aliphatic heterocycles. The number of halogens is 3. The molecule has 0 spiro atoms. The summed E-state index contributed by atoms with van der Waals surface area (Å²) in [6.07, 6.45) is -2.21. The van der Waals surface area contributed by atoms with Gasteiger partial charge in [0.1, 0.15) is 11.3 Å². The maximum atomic E-state index is 13.1. The number of carboxylic acid groups (broad SMARTS) is 1. The van der Waals surface area contributed by atoms with Gasteiger partial charge in [0.2, 0.25) is 0 Å². The Morgan fingerprint density at radius 1 is 1.57 bits per heavy atom. The number of pyridine rings is 1. The molecule has 1 heterocycles. The van der Waals surface area contributed by atoms with Crippen LogP contribution in [0, 0.1) is 12.7 Å². The standard InChI is InChI=1S/C8H6F3NO2/c1-3-2-12-6(7(10)11)5(9)4(3)8(13)14/h2,7H,1H3,(H,13,14). The summed E-state index contributed by atoms with van der Waals surface area (Å²) in [7, 11) is 0. The summed E-state index contributed by atoms with van der Waals surface area (Å²) >= 11 is 0. The van der Waals surface area contributed by atoms with Crippen molar-refractivity contribution in [2.24, 2.45) is 0 Å². The first-order valence-corrected chi connectivity index (χ1v) is 3.61. The van der Waals surface area contributed by atoms with E-state index in [-0.39, 0.29) is 5.56 Å². The van der Waals surface area contributed by atoms with Crippen LogP contribution in [0.15, 0.2) is 6.20 Å². The van der Waals surface area contributed by atoms with Crippen LogP contribution in [-0.4, -0.2) is 16.1 Å². The monoisotopic (exact) mass is 205 g/mol. The van der Waals surface area contributed by atoms with E-state index in [0.29, 0.717) is 0 Å². The topological polar surface area (TPSA) is 50.2 Å². The van der Waals surface area contributed by atoms with Gasteiger partial charge in [0, 0.05) is 6.20 Å². The van der Waals surface area contributed by atoms with Crippen LogP contribution in [0.3, 0.4) is 0 Å². The molecule has 0 aromatic carbocycles. The van der Waals surface area contributed by atoms with Crippen molar-refractivity contribution in [1.29, 1.82) is 0 Å². The molecular formula is C8H6F3NO2. The fourth-order valence-corrected chi connectivity index (χ4v) is 1.00. The molecule has 76 valence electrons. The molecule has 0 amide bonds. The average Bonchev–Trinajstić information content (AvgIpc) is 2.02. The highest BCUT2D eigenvalue weighted by molar-refractivity contribution is 5.89. The van der Waals surface area contributed by atoms with Crippen LogP contribution in [0.1, 0.15) is 28.0 Å². The summed E-state index contributed by atoms with van der Waals surface area (Å²) < 4.78 is 37.3. The summed E-state index contributed by atoms with van der Waals surface area (Å²) in [6, 6.07) is 0. The lowest BCUT2D eigenvalue weighted by Gasteiger charge is -2.05. The summed E-state index contributed by atoms with van der Waals surface area (Å²) in [5, 5.41) is 8.54. The van der Waals surface area contributed by atoms with E-state index in [9.17, 15) is 18.0 Å². The Hall–Kier alpha value is -1.59. The predicted octanol–water partition coefficient (Wildman–Crippen LogP) is 2.16. The number of aryl methyl sites for hydroxylation is 1. The highest BCUT2D eigenvalue weighted by Crippen LogP contribution is 2.23. The maximum Gasteiger partial charge on any atom is 0.339 e. The molecule has 0 saturated heterocycles. The van der Waals surface area contributed by atoms with E-state index in [1.54, 1.807) is 0 Å². The quantitative estimate of drug-likeness (QED) is 0.804. The van der Waals surface area contributed by atoms with Gasteiger partial charge in [-0.1, -0.05) is 0 Å². The first-order chi connectivity index (χ1) is 6.45. The van der Waals surface area contributed by atoms with Gasteiger partial charge in [-0.25, -0.2) is 18.0 Å². The summed E-state index contributed by atoms with van der Waals surface area (Å²) in [5.41, 5.74) is -1.87. The molecular weight excluding hydrogens is 199 g/mol. The van der Waals surface area contributed by atoms with Crippen molar-refractivity contribution in [2.45, 2.75) is 13.3 Å². The molecule has 3 nitrogen and oxygen atoms in total. The van der Waals surface area contributed by atoms with E-state index in [0.717, 1.165) is 6.20 Å². The number of alkyl halides is 2. The summed E-state index contributed by atoms with van der Waals surface area (Å²) in [4.78, 5) is 13.6. The fourth-order valence-electron chi connectivity index (χ4n) is 1.00. The second-order valence-electron chi connectivity index (χ2n) is 2.62. The number of hydrogen-bond donors (Lipinski definition) is 1. The number of carboxylic acids is 1.